The maximum Gasteiger partial charge on any atom is 0.248 e. The summed E-state index contributed by atoms with van der Waals surface area (Å²) in [7, 11) is 1.73. The predicted molar refractivity (Wildman–Crippen MR) is 54.1 cm³/mol. The summed E-state index contributed by atoms with van der Waals surface area (Å²) in [5.41, 5.74) is 0. The topological polar surface area (TPSA) is 46.9 Å². The number of alkyl halides is 2. The van der Waals surface area contributed by atoms with Crippen LogP contribution in [0.5, 0.6) is 0 Å². The highest BCUT2D eigenvalue weighted by Crippen LogP contribution is 2.39. The molecule has 0 aromatic carbocycles. The van der Waals surface area contributed by atoms with E-state index in [1.54, 1.807) is 24.0 Å². The first-order valence-corrected chi connectivity index (χ1v) is 5.14. The fraction of sp³-hybridized carbons (Fsp3) is 0.600. The Bertz CT molecular complexity index is 403. The van der Waals surface area contributed by atoms with Gasteiger partial charge in [0.25, 0.3) is 0 Å². The number of hydrogen-bond donors (Lipinski definition) is 1. The van der Waals surface area contributed by atoms with Gasteiger partial charge in [0.15, 0.2) is 0 Å². The van der Waals surface area contributed by atoms with Gasteiger partial charge in [0.2, 0.25) is 17.8 Å². The van der Waals surface area contributed by atoms with Crippen molar-refractivity contribution in [2.75, 3.05) is 5.32 Å². The summed E-state index contributed by atoms with van der Waals surface area (Å²) >= 11 is 0. The minimum Gasteiger partial charge on any atom is -0.320 e. The van der Waals surface area contributed by atoms with Crippen molar-refractivity contribution in [3.05, 3.63) is 12.4 Å². The monoisotopic (exact) mass is 229 g/mol. The van der Waals surface area contributed by atoms with Gasteiger partial charge < -0.3 is 4.57 Å². The van der Waals surface area contributed by atoms with E-state index in [-0.39, 0.29) is 25.2 Å². The molecule has 4 nitrogen and oxygen atoms in total. The average Bonchev–Trinajstić information content (AvgIpc) is 2.74. The highest BCUT2D eigenvalue weighted by molar-refractivity contribution is 5.91. The van der Waals surface area contributed by atoms with Crippen molar-refractivity contribution in [1.82, 2.24) is 9.55 Å². The second-order valence-electron chi connectivity index (χ2n) is 4.15. The third kappa shape index (κ3) is 2.20. The van der Waals surface area contributed by atoms with Gasteiger partial charge in [0, 0.05) is 38.2 Å². The van der Waals surface area contributed by atoms with Crippen LogP contribution in [0, 0.1) is 5.92 Å². The van der Waals surface area contributed by atoms with E-state index in [0.717, 1.165) is 0 Å². The summed E-state index contributed by atoms with van der Waals surface area (Å²) in [6.07, 6.45) is 2.90. The molecule has 1 amide bonds. The Balaban J connectivity index is 1.97. The Labute approximate surface area is 91.7 Å². The number of aryl methyl sites for hydroxylation is 1. The van der Waals surface area contributed by atoms with Crippen LogP contribution in [0.15, 0.2) is 12.4 Å². The molecule has 1 aliphatic carbocycles. The molecule has 1 heterocycles. The summed E-state index contributed by atoms with van der Waals surface area (Å²) in [6, 6.07) is 0. The first kappa shape index (κ1) is 11.0. The molecule has 1 atom stereocenters. The van der Waals surface area contributed by atoms with Crippen molar-refractivity contribution in [3.63, 3.8) is 0 Å². The van der Waals surface area contributed by atoms with E-state index in [4.69, 9.17) is 0 Å². The van der Waals surface area contributed by atoms with E-state index in [1.807, 2.05) is 0 Å². The largest absolute Gasteiger partial charge is 0.320 e. The summed E-state index contributed by atoms with van der Waals surface area (Å²) in [4.78, 5) is 15.6. The Morgan fingerprint density at radius 3 is 2.94 bits per heavy atom. The number of halogens is 2. The van der Waals surface area contributed by atoms with Crippen LogP contribution in [0.25, 0.3) is 0 Å². The standard InChI is InChI=1S/C10H13F2N3O/c1-15-5-4-13-9(15)14-8(16)7-2-3-10(11,12)6-7/h4-5,7H,2-3,6H2,1H3,(H,13,14,16). The third-order valence-electron chi connectivity index (χ3n) is 2.83. The predicted octanol–water partition coefficient (Wildman–Crippen LogP) is 1.79. The fourth-order valence-corrected chi connectivity index (χ4v) is 1.87. The van der Waals surface area contributed by atoms with Crippen LogP contribution in [0.1, 0.15) is 19.3 Å². The van der Waals surface area contributed by atoms with E-state index < -0.39 is 11.8 Å². The zero-order valence-electron chi connectivity index (χ0n) is 8.91. The number of amides is 1. The fourth-order valence-electron chi connectivity index (χ4n) is 1.87. The second-order valence-corrected chi connectivity index (χ2v) is 4.15. The molecule has 6 heteroatoms. The lowest BCUT2D eigenvalue weighted by Gasteiger charge is -2.10. The smallest absolute Gasteiger partial charge is 0.248 e. The summed E-state index contributed by atoms with van der Waals surface area (Å²) < 4.78 is 27.5. The van der Waals surface area contributed by atoms with Crippen molar-refractivity contribution in [3.8, 4) is 0 Å². The van der Waals surface area contributed by atoms with Crippen molar-refractivity contribution >= 4 is 11.9 Å². The third-order valence-corrected chi connectivity index (χ3v) is 2.83. The Hall–Kier alpha value is -1.46. The lowest BCUT2D eigenvalue weighted by molar-refractivity contribution is -0.120. The maximum atomic E-state index is 12.9. The number of anilines is 1. The van der Waals surface area contributed by atoms with Gasteiger partial charge in [0.05, 0.1) is 0 Å². The van der Waals surface area contributed by atoms with Gasteiger partial charge in [-0.3, -0.25) is 10.1 Å². The van der Waals surface area contributed by atoms with Crippen LogP contribution < -0.4 is 5.32 Å². The quantitative estimate of drug-likeness (QED) is 0.840. The average molecular weight is 229 g/mol. The van der Waals surface area contributed by atoms with Crippen molar-refractivity contribution in [1.29, 1.82) is 0 Å². The van der Waals surface area contributed by atoms with Gasteiger partial charge in [-0.2, -0.15) is 0 Å². The van der Waals surface area contributed by atoms with Gasteiger partial charge in [-0.05, 0) is 6.42 Å². The second kappa shape index (κ2) is 3.84. The van der Waals surface area contributed by atoms with Gasteiger partial charge in [-0.25, -0.2) is 13.8 Å². The molecule has 0 spiro atoms. The molecule has 1 N–H and O–H groups in total. The number of nitrogens with one attached hydrogen (secondary N) is 1. The minimum absolute atomic E-state index is 0.203. The molecule has 88 valence electrons. The number of carbonyl (C=O) groups is 1. The maximum absolute atomic E-state index is 12.9. The van der Waals surface area contributed by atoms with Crippen LogP contribution in [0.4, 0.5) is 14.7 Å². The van der Waals surface area contributed by atoms with Crippen molar-refractivity contribution < 1.29 is 13.6 Å². The van der Waals surface area contributed by atoms with Crippen LogP contribution in [-0.4, -0.2) is 21.4 Å². The molecule has 16 heavy (non-hydrogen) atoms. The normalized spacial score (nSPS) is 23.3. The number of hydrogen-bond acceptors (Lipinski definition) is 2. The molecule has 1 fully saturated rings. The molecular weight excluding hydrogens is 216 g/mol. The molecule has 0 radical (unpaired) electrons. The first-order chi connectivity index (χ1) is 7.48. The summed E-state index contributed by atoms with van der Waals surface area (Å²) in [5, 5.41) is 2.55. The molecule has 1 aromatic heterocycles. The van der Waals surface area contributed by atoms with E-state index in [1.165, 1.54) is 0 Å². The molecule has 1 saturated carbocycles. The molecular formula is C10H13F2N3O. The van der Waals surface area contributed by atoms with Crippen molar-refractivity contribution in [2.24, 2.45) is 13.0 Å². The Morgan fingerprint density at radius 2 is 2.44 bits per heavy atom. The Kier molecular flexibility index (Phi) is 2.65. The molecule has 1 unspecified atom stereocenters. The van der Waals surface area contributed by atoms with Crippen molar-refractivity contribution in [2.45, 2.75) is 25.2 Å². The van der Waals surface area contributed by atoms with Gasteiger partial charge in [0.1, 0.15) is 0 Å². The lowest BCUT2D eigenvalue weighted by atomic mass is 10.1. The first-order valence-electron chi connectivity index (χ1n) is 5.14. The molecule has 0 saturated heterocycles. The summed E-state index contributed by atoms with van der Waals surface area (Å²) in [6.45, 7) is 0. The van der Waals surface area contributed by atoms with Gasteiger partial charge in [-0.15, -0.1) is 0 Å². The molecule has 1 aromatic rings. The number of nitrogens with zero attached hydrogens (tertiary/aromatic N) is 2. The van der Waals surface area contributed by atoms with E-state index in [2.05, 4.69) is 10.3 Å². The number of imidazole rings is 1. The minimum atomic E-state index is -2.69. The van der Waals surface area contributed by atoms with Crippen LogP contribution >= 0.6 is 0 Å². The molecule has 0 bridgehead atoms. The lowest BCUT2D eigenvalue weighted by Crippen LogP contribution is -2.23. The van der Waals surface area contributed by atoms with E-state index in [9.17, 15) is 13.6 Å². The van der Waals surface area contributed by atoms with Crippen LogP contribution in [-0.2, 0) is 11.8 Å². The zero-order chi connectivity index (χ0) is 11.8. The Morgan fingerprint density at radius 1 is 1.69 bits per heavy atom. The number of aromatic nitrogens is 2. The van der Waals surface area contributed by atoms with Crippen LogP contribution in [0.2, 0.25) is 0 Å². The molecule has 2 rings (SSSR count). The van der Waals surface area contributed by atoms with E-state index >= 15 is 0 Å². The molecule has 0 aliphatic heterocycles. The number of carbonyl (C=O) groups excluding carboxylic acids is 1. The van der Waals surface area contributed by atoms with E-state index in [0.29, 0.717) is 5.95 Å². The highest BCUT2D eigenvalue weighted by Gasteiger charge is 2.42. The molecule has 1 aliphatic rings. The van der Waals surface area contributed by atoms with Gasteiger partial charge in [-0.1, -0.05) is 0 Å². The number of rotatable bonds is 2. The SMILES string of the molecule is Cn1ccnc1NC(=O)C1CCC(F)(F)C1. The zero-order valence-corrected chi connectivity index (χ0v) is 8.91. The highest BCUT2D eigenvalue weighted by atomic mass is 19.3. The van der Waals surface area contributed by atoms with Crippen LogP contribution in [0.3, 0.4) is 0 Å². The van der Waals surface area contributed by atoms with Gasteiger partial charge >= 0.3 is 0 Å². The summed E-state index contributed by atoms with van der Waals surface area (Å²) in [5.74, 6) is -3.28.